The molecule has 0 radical (unpaired) electrons. The molecule has 0 saturated heterocycles. The predicted octanol–water partition coefficient (Wildman–Crippen LogP) is 1.65. The van der Waals surface area contributed by atoms with Crippen molar-refractivity contribution in [3.05, 3.63) is 35.9 Å². The molecule has 6 heteroatoms. The molecule has 2 N–H and O–H groups in total. The maximum absolute atomic E-state index is 12.0. The molecule has 0 heterocycles. The van der Waals surface area contributed by atoms with Crippen LogP contribution in [0.5, 0.6) is 0 Å². The molecular formula is C15H25N3O2S. The lowest BCUT2D eigenvalue weighted by Gasteiger charge is -2.19. The number of sulfone groups is 1. The van der Waals surface area contributed by atoms with Gasteiger partial charge in [0.15, 0.2) is 15.8 Å². The van der Waals surface area contributed by atoms with Crippen LogP contribution in [-0.2, 0) is 15.6 Å². The standard InChI is InChI=1S/C15H25N3O2S/c1-3-18(4-2)15(16)17-11-8-12-21(19,20)13-14-9-6-5-7-10-14/h5-7,9-10H,3-4,8,11-13H2,1-2H3,(H2,16,17). The van der Waals surface area contributed by atoms with E-state index in [0.29, 0.717) is 18.9 Å². The Morgan fingerprint density at radius 1 is 1.19 bits per heavy atom. The van der Waals surface area contributed by atoms with Gasteiger partial charge in [0.2, 0.25) is 0 Å². The van der Waals surface area contributed by atoms with Crippen LogP contribution in [0.25, 0.3) is 0 Å². The largest absolute Gasteiger partial charge is 0.370 e. The lowest BCUT2D eigenvalue weighted by Crippen LogP contribution is -2.37. The molecule has 0 amide bonds. The highest BCUT2D eigenvalue weighted by Gasteiger charge is 2.11. The molecule has 1 aromatic rings. The van der Waals surface area contributed by atoms with Crippen molar-refractivity contribution in [2.24, 2.45) is 10.7 Å². The summed E-state index contributed by atoms with van der Waals surface area (Å²) in [7, 11) is -3.09. The van der Waals surface area contributed by atoms with E-state index < -0.39 is 9.84 Å². The maximum Gasteiger partial charge on any atom is 0.191 e. The Morgan fingerprint density at radius 3 is 2.38 bits per heavy atom. The Bertz CT molecular complexity index is 537. The van der Waals surface area contributed by atoms with Gasteiger partial charge >= 0.3 is 0 Å². The molecule has 0 spiro atoms. The Hall–Kier alpha value is -1.56. The molecule has 0 aliphatic carbocycles. The zero-order valence-electron chi connectivity index (χ0n) is 12.8. The van der Waals surface area contributed by atoms with Crippen molar-refractivity contribution >= 4 is 15.8 Å². The summed E-state index contributed by atoms with van der Waals surface area (Å²) in [5.41, 5.74) is 6.66. The number of hydrogen-bond acceptors (Lipinski definition) is 3. The van der Waals surface area contributed by atoms with Crippen LogP contribution in [0.15, 0.2) is 35.3 Å². The van der Waals surface area contributed by atoms with Crippen molar-refractivity contribution < 1.29 is 8.42 Å². The molecule has 21 heavy (non-hydrogen) atoms. The number of hydrogen-bond donors (Lipinski definition) is 1. The minimum absolute atomic E-state index is 0.0864. The van der Waals surface area contributed by atoms with Crippen LogP contribution in [0, 0.1) is 0 Å². The van der Waals surface area contributed by atoms with Crippen molar-refractivity contribution in [1.29, 1.82) is 0 Å². The summed E-state index contributed by atoms with van der Waals surface area (Å²) in [6.07, 6.45) is 0.497. The molecule has 1 rings (SSSR count). The number of benzene rings is 1. The predicted molar refractivity (Wildman–Crippen MR) is 88.0 cm³/mol. The molecule has 0 aromatic heterocycles. The van der Waals surface area contributed by atoms with E-state index in [1.807, 2.05) is 49.1 Å². The third kappa shape index (κ3) is 6.62. The first-order valence-corrected chi connectivity index (χ1v) is 9.10. The topological polar surface area (TPSA) is 75.8 Å². The smallest absolute Gasteiger partial charge is 0.191 e. The van der Waals surface area contributed by atoms with E-state index in [1.54, 1.807) is 0 Å². The summed E-state index contributed by atoms with van der Waals surface area (Å²) >= 11 is 0. The number of nitrogens with zero attached hydrogens (tertiary/aromatic N) is 2. The van der Waals surface area contributed by atoms with E-state index in [9.17, 15) is 8.42 Å². The van der Waals surface area contributed by atoms with Gasteiger partial charge in [0.05, 0.1) is 11.5 Å². The lowest BCUT2D eigenvalue weighted by atomic mass is 10.2. The average Bonchev–Trinajstić information content (AvgIpc) is 2.45. The summed E-state index contributed by atoms with van der Waals surface area (Å²) in [5.74, 6) is 0.709. The highest BCUT2D eigenvalue weighted by molar-refractivity contribution is 7.90. The van der Waals surface area contributed by atoms with Gasteiger partial charge < -0.3 is 10.6 Å². The maximum atomic E-state index is 12.0. The van der Waals surface area contributed by atoms with Crippen molar-refractivity contribution in [2.45, 2.75) is 26.0 Å². The van der Waals surface area contributed by atoms with Gasteiger partial charge in [-0.15, -0.1) is 0 Å². The molecule has 0 fully saturated rings. The van der Waals surface area contributed by atoms with Gasteiger partial charge in [-0.25, -0.2) is 8.42 Å². The fourth-order valence-electron chi connectivity index (χ4n) is 2.03. The second-order valence-corrected chi connectivity index (χ2v) is 7.03. The molecule has 0 bridgehead atoms. The molecular weight excluding hydrogens is 286 g/mol. The fraction of sp³-hybridized carbons (Fsp3) is 0.533. The molecule has 1 aromatic carbocycles. The van der Waals surface area contributed by atoms with Crippen molar-refractivity contribution in [2.75, 3.05) is 25.4 Å². The van der Waals surface area contributed by atoms with Crippen LogP contribution >= 0.6 is 0 Å². The minimum Gasteiger partial charge on any atom is -0.370 e. The van der Waals surface area contributed by atoms with Gasteiger partial charge in [0, 0.05) is 19.6 Å². The Kier molecular flexibility index (Phi) is 7.22. The second kappa shape index (κ2) is 8.67. The van der Waals surface area contributed by atoms with Gasteiger partial charge in [0.1, 0.15) is 0 Å². The summed E-state index contributed by atoms with van der Waals surface area (Å²) < 4.78 is 24.0. The molecule has 0 saturated carbocycles. The van der Waals surface area contributed by atoms with Crippen molar-refractivity contribution in [3.8, 4) is 0 Å². The van der Waals surface area contributed by atoms with Gasteiger partial charge in [-0.1, -0.05) is 30.3 Å². The second-order valence-electron chi connectivity index (χ2n) is 4.84. The van der Waals surface area contributed by atoms with Crippen LogP contribution in [0.1, 0.15) is 25.8 Å². The summed E-state index contributed by atoms with van der Waals surface area (Å²) in [6.45, 7) is 6.07. The van der Waals surface area contributed by atoms with Gasteiger partial charge in [-0.2, -0.15) is 0 Å². The molecule has 0 atom stereocenters. The fourth-order valence-corrected chi connectivity index (χ4v) is 3.44. The van der Waals surface area contributed by atoms with Crippen LogP contribution in [0.3, 0.4) is 0 Å². The minimum atomic E-state index is -3.09. The molecule has 0 aliphatic heterocycles. The summed E-state index contributed by atoms with van der Waals surface area (Å²) in [4.78, 5) is 6.18. The van der Waals surface area contributed by atoms with Gasteiger partial charge in [-0.3, -0.25) is 4.99 Å². The molecule has 5 nitrogen and oxygen atoms in total. The van der Waals surface area contributed by atoms with Crippen LogP contribution < -0.4 is 5.73 Å². The highest BCUT2D eigenvalue weighted by atomic mass is 32.2. The zero-order valence-corrected chi connectivity index (χ0v) is 13.6. The summed E-state index contributed by atoms with van der Waals surface area (Å²) in [6, 6.07) is 9.23. The number of guanidine groups is 1. The first-order chi connectivity index (χ1) is 9.98. The first kappa shape index (κ1) is 17.5. The molecule has 0 aliphatic rings. The van der Waals surface area contributed by atoms with E-state index in [-0.39, 0.29) is 11.5 Å². The van der Waals surface area contributed by atoms with Gasteiger partial charge in [-0.05, 0) is 25.8 Å². The van der Waals surface area contributed by atoms with Crippen molar-refractivity contribution in [3.63, 3.8) is 0 Å². The van der Waals surface area contributed by atoms with E-state index in [1.165, 1.54) is 0 Å². The highest BCUT2D eigenvalue weighted by Crippen LogP contribution is 2.07. The van der Waals surface area contributed by atoms with Crippen LogP contribution in [0.4, 0.5) is 0 Å². The van der Waals surface area contributed by atoms with Gasteiger partial charge in [0.25, 0.3) is 0 Å². The molecule has 0 unspecified atom stereocenters. The van der Waals surface area contributed by atoms with Crippen LogP contribution in [0.2, 0.25) is 0 Å². The number of nitrogens with two attached hydrogens (primary N) is 1. The first-order valence-electron chi connectivity index (χ1n) is 7.27. The van der Waals surface area contributed by atoms with E-state index >= 15 is 0 Å². The van der Waals surface area contributed by atoms with Crippen LogP contribution in [-0.4, -0.2) is 44.7 Å². The summed E-state index contributed by atoms with van der Waals surface area (Å²) in [5, 5.41) is 0. The number of aliphatic imine (C=N–C) groups is 1. The monoisotopic (exact) mass is 311 g/mol. The molecule has 118 valence electrons. The normalized spacial score (nSPS) is 12.4. The number of rotatable bonds is 8. The third-order valence-electron chi connectivity index (χ3n) is 3.20. The Labute approximate surface area is 127 Å². The third-order valence-corrected chi connectivity index (χ3v) is 4.89. The lowest BCUT2D eigenvalue weighted by molar-refractivity contribution is 0.458. The van der Waals surface area contributed by atoms with E-state index in [2.05, 4.69) is 4.99 Å². The van der Waals surface area contributed by atoms with E-state index in [0.717, 1.165) is 18.7 Å². The zero-order chi connectivity index (χ0) is 15.7. The Morgan fingerprint density at radius 2 is 1.81 bits per heavy atom. The average molecular weight is 311 g/mol. The SMILES string of the molecule is CCN(CC)C(N)=NCCCS(=O)(=O)Cc1ccccc1. The van der Waals surface area contributed by atoms with E-state index in [4.69, 9.17) is 5.73 Å². The Balaban J connectivity index is 2.42. The van der Waals surface area contributed by atoms with Crippen molar-refractivity contribution in [1.82, 2.24) is 4.90 Å². The quantitative estimate of drug-likeness (QED) is 0.450.